The van der Waals surface area contributed by atoms with Gasteiger partial charge in [-0.15, -0.1) is 22.7 Å². The number of aromatic nitrogens is 1. The number of hydrogen-bond acceptors (Lipinski definition) is 4. The third-order valence-corrected chi connectivity index (χ3v) is 5.39. The Labute approximate surface area is 137 Å². The van der Waals surface area contributed by atoms with Crippen molar-refractivity contribution in [3.8, 4) is 0 Å². The van der Waals surface area contributed by atoms with Crippen molar-refractivity contribution in [3.63, 3.8) is 0 Å². The molecule has 1 N–H and O–H groups in total. The molecular weight excluding hydrogens is 315 g/mol. The Morgan fingerprint density at radius 3 is 2.73 bits per heavy atom. The molecule has 114 valence electrons. The summed E-state index contributed by atoms with van der Waals surface area (Å²) in [7, 11) is 0. The highest BCUT2D eigenvalue weighted by Gasteiger charge is 2.16. The summed E-state index contributed by atoms with van der Waals surface area (Å²) in [6, 6.07) is 11.2. The summed E-state index contributed by atoms with van der Waals surface area (Å²) in [5.41, 5.74) is 1.72. The van der Waals surface area contributed by atoms with Gasteiger partial charge in [-0.2, -0.15) is 0 Å². The molecule has 0 unspecified atom stereocenters. The molecule has 0 aliphatic rings. The average Bonchev–Trinajstić information content (AvgIpc) is 3.16. The first-order chi connectivity index (χ1) is 10.7. The Kier molecular flexibility index (Phi) is 4.97. The zero-order chi connectivity index (χ0) is 15.4. The highest BCUT2D eigenvalue weighted by molar-refractivity contribution is 7.10. The van der Waals surface area contributed by atoms with Gasteiger partial charge in [0, 0.05) is 34.5 Å². The van der Waals surface area contributed by atoms with Crippen LogP contribution in [0.1, 0.15) is 27.2 Å². The number of thiophene rings is 1. The maximum absolute atomic E-state index is 13.8. The topological polar surface area (TPSA) is 24.9 Å². The fourth-order valence-corrected chi connectivity index (χ4v) is 3.91. The first kappa shape index (κ1) is 15.3. The summed E-state index contributed by atoms with van der Waals surface area (Å²) >= 11 is 3.40. The first-order valence-electron chi connectivity index (χ1n) is 7.13. The lowest BCUT2D eigenvalue weighted by molar-refractivity contribution is 0.513. The lowest BCUT2D eigenvalue weighted by Crippen LogP contribution is -2.23. The zero-order valence-corrected chi connectivity index (χ0v) is 13.9. The second-order valence-electron chi connectivity index (χ2n) is 5.14. The van der Waals surface area contributed by atoms with Crippen molar-refractivity contribution in [2.45, 2.75) is 25.9 Å². The Balaban J connectivity index is 1.75. The molecule has 1 atom stereocenters. The van der Waals surface area contributed by atoms with Crippen molar-refractivity contribution in [2.24, 2.45) is 0 Å². The molecule has 3 rings (SSSR count). The van der Waals surface area contributed by atoms with Crippen molar-refractivity contribution in [1.29, 1.82) is 0 Å². The van der Waals surface area contributed by atoms with Crippen molar-refractivity contribution < 1.29 is 4.39 Å². The van der Waals surface area contributed by atoms with Crippen LogP contribution >= 0.6 is 22.7 Å². The molecule has 2 heterocycles. The van der Waals surface area contributed by atoms with E-state index in [2.05, 4.69) is 33.2 Å². The van der Waals surface area contributed by atoms with Gasteiger partial charge in [0.05, 0.1) is 6.04 Å². The Morgan fingerprint density at radius 1 is 1.18 bits per heavy atom. The third kappa shape index (κ3) is 3.80. The molecule has 0 saturated heterocycles. The number of nitrogens with one attached hydrogen (secondary N) is 1. The van der Waals surface area contributed by atoms with Gasteiger partial charge >= 0.3 is 0 Å². The van der Waals surface area contributed by atoms with E-state index < -0.39 is 0 Å². The minimum Gasteiger partial charge on any atom is -0.303 e. The third-order valence-electron chi connectivity index (χ3n) is 3.42. The quantitative estimate of drug-likeness (QED) is 0.706. The van der Waals surface area contributed by atoms with Crippen molar-refractivity contribution in [2.75, 3.05) is 0 Å². The lowest BCUT2D eigenvalue weighted by atomic mass is 10.1. The molecule has 5 heteroatoms. The average molecular weight is 332 g/mol. The molecule has 22 heavy (non-hydrogen) atoms. The van der Waals surface area contributed by atoms with Gasteiger partial charge in [0.1, 0.15) is 10.8 Å². The Morgan fingerprint density at radius 2 is 2.05 bits per heavy atom. The number of hydrogen-bond donors (Lipinski definition) is 1. The molecule has 0 amide bonds. The lowest BCUT2D eigenvalue weighted by Gasteiger charge is -2.16. The molecule has 2 aromatic heterocycles. The fourth-order valence-electron chi connectivity index (χ4n) is 2.28. The number of thiazole rings is 1. The standard InChI is InChI=1S/C17H17FN2S2/c1-12-11-22-17(20-12)16(9-14-6-4-8-21-14)19-10-13-5-2-3-7-15(13)18/h2-8,11,16,19H,9-10H2,1H3/t16-/m1/s1. The molecular formula is C17H17FN2S2. The highest BCUT2D eigenvalue weighted by Crippen LogP contribution is 2.24. The number of rotatable bonds is 6. The minimum absolute atomic E-state index is 0.108. The van der Waals surface area contributed by atoms with Crippen LogP contribution in [-0.2, 0) is 13.0 Å². The van der Waals surface area contributed by atoms with Crippen LogP contribution in [0.2, 0.25) is 0 Å². The highest BCUT2D eigenvalue weighted by atomic mass is 32.1. The van der Waals surface area contributed by atoms with Gasteiger partial charge in [0.2, 0.25) is 0 Å². The second kappa shape index (κ2) is 7.13. The van der Waals surface area contributed by atoms with Crippen LogP contribution in [0.15, 0.2) is 47.2 Å². The SMILES string of the molecule is Cc1csc([C@@H](Cc2cccs2)NCc2ccccc2F)n1. The van der Waals surface area contributed by atoms with E-state index in [1.165, 1.54) is 10.9 Å². The van der Waals surface area contributed by atoms with Crippen LogP contribution in [-0.4, -0.2) is 4.98 Å². The van der Waals surface area contributed by atoms with Crippen LogP contribution in [0, 0.1) is 12.7 Å². The van der Waals surface area contributed by atoms with Gasteiger partial charge in [0.15, 0.2) is 0 Å². The fraction of sp³-hybridized carbons (Fsp3) is 0.235. The van der Waals surface area contributed by atoms with Crippen LogP contribution in [0.25, 0.3) is 0 Å². The van der Waals surface area contributed by atoms with E-state index in [0.717, 1.165) is 17.1 Å². The molecule has 0 aliphatic heterocycles. The minimum atomic E-state index is -0.166. The van der Waals surface area contributed by atoms with Gasteiger partial charge in [-0.3, -0.25) is 0 Å². The van der Waals surface area contributed by atoms with E-state index >= 15 is 0 Å². The summed E-state index contributed by atoms with van der Waals surface area (Å²) in [5, 5.41) is 8.65. The van der Waals surface area contributed by atoms with Crippen LogP contribution in [0.4, 0.5) is 4.39 Å². The number of halogens is 1. The smallest absolute Gasteiger partial charge is 0.127 e. The molecule has 1 aromatic carbocycles. The van der Waals surface area contributed by atoms with E-state index in [4.69, 9.17) is 0 Å². The summed E-state index contributed by atoms with van der Waals surface area (Å²) < 4.78 is 13.8. The van der Waals surface area contributed by atoms with Gasteiger partial charge in [-0.05, 0) is 24.4 Å². The number of benzene rings is 1. The largest absolute Gasteiger partial charge is 0.303 e. The summed E-state index contributed by atoms with van der Waals surface area (Å²) in [6.07, 6.45) is 0.874. The molecule has 0 saturated carbocycles. The van der Waals surface area contributed by atoms with Crippen LogP contribution in [0.5, 0.6) is 0 Å². The number of nitrogens with zero attached hydrogens (tertiary/aromatic N) is 1. The van der Waals surface area contributed by atoms with E-state index in [1.807, 2.05) is 19.1 Å². The molecule has 0 spiro atoms. The van der Waals surface area contributed by atoms with Crippen LogP contribution in [0.3, 0.4) is 0 Å². The molecule has 3 aromatic rings. The monoisotopic (exact) mass is 332 g/mol. The zero-order valence-electron chi connectivity index (χ0n) is 12.3. The molecule has 0 aliphatic carbocycles. The molecule has 0 bridgehead atoms. The predicted octanol–water partition coefficient (Wildman–Crippen LogP) is 4.73. The van der Waals surface area contributed by atoms with Crippen molar-refractivity contribution in [3.05, 3.63) is 74.1 Å². The molecule has 0 fully saturated rings. The summed E-state index contributed by atoms with van der Waals surface area (Å²) in [5.74, 6) is -0.166. The van der Waals surface area contributed by atoms with E-state index in [0.29, 0.717) is 12.1 Å². The second-order valence-corrected chi connectivity index (χ2v) is 7.06. The van der Waals surface area contributed by atoms with E-state index in [9.17, 15) is 4.39 Å². The van der Waals surface area contributed by atoms with E-state index in [1.54, 1.807) is 28.7 Å². The molecule has 0 radical (unpaired) electrons. The predicted molar refractivity (Wildman–Crippen MR) is 90.9 cm³/mol. The molecule has 2 nitrogen and oxygen atoms in total. The number of aryl methyl sites for hydroxylation is 1. The van der Waals surface area contributed by atoms with Crippen molar-refractivity contribution in [1.82, 2.24) is 10.3 Å². The van der Waals surface area contributed by atoms with Crippen molar-refractivity contribution >= 4 is 22.7 Å². The Bertz CT molecular complexity index is 722. The van der Waals surface area contributed by atoms with E-state index in [-0.39, 0.29) is 11.9 Å². The van der Waals surface area contributed by atoms with Gasteiger partial charge in [-0.1, -0.05) is 24.3 Å². The Hall–Kier alpha value is -1.56. The van der Waals surface area contributed by atoms with Gasteiger partial charge in [-0.25, -0.2) is 9.37 Å². The first-order valence-corrected chi connectivity index (χ1v) is 8.89. The van der Waals surface area contributed by atoms with Crippen LogP contribution < -0.4 is 5.32 Å². The van der Waals surface area contributed by atoms with Gasteiger partial charge in [0.25, 0.3) is 0 Å². The maximum atomic E-state index is 13.8. The normalized spacial score (nSPS) is 12.5. The maximum Gasteiger partial charge on any atom is 0.127 e. The van der Waals surface area contributed by atoms with Gasteiger partial charge < -0.3 is 5.32 Å². The summed E-state index contributed by atoms with van der Waals surface area (Å²) in [6.45, 7) is 2.50. The summed E-state index contributed by atoms with van der Waals surface area (Å²) in [4.78, 5) is 5.90.